The van der Waals surface area contributed by atoms with Crippen molar-refractivity contribution in [3.8, 4) is 5.75 Å². The molecule has 0 saturated heterocycles. The van der Waals surface area contributed by atoms with Crippen molar-refractivity contribution < 1.29 is 14.3 Å². The first-order valence-corrected chi connectivity index (χ1v) is 8.99. The van der Waals surface area contributed by atoms with Gasteiger partial charge in [0.1, 0.15) is 19.0 Å². The SMILES string of the molecule is CC(C)C(CNC(=O)COCCOc1ccccc1)Nc1ccccc1. The molecule has 2 aromatic carbocycles. The molecule has 140 valence electrons. The summed E-state index contributed by atoms with van der Waals surface area (Å²) >= 11 is 0. The van der Waals surface area contributed by atoms with Gasteiger partial charge in [0, 0.05) is 18.3 Å². The Hall–Kier alpha value is -2.53. The molecule has 26 heavy (non-hydrogen) atoms. The van der Waals surface area contributed by atoms with Gasteiger partial charge in [-0.25, -0.2) is 0 Å². The Morgan fingerprint density at radius 1 is 0.962 bits per heavy atom. The Morgan fingerprint density at radius 3 is 2.27 bits per heavy atom. The minimum Gasteiger partial charge on any atom is -0.491 e. The highest BCUT2D eigenvalue weighted by Crippen LogP contribution is 2.11. The molecular weight excluding hydrogens is 328 g/mol. The molecule has 5 heteroatoms. The van der Waals surface area contributed by atoms with Gasteiger partial charge in [0.05, 0.1) is 6.61 Å². The predicted molar refractivity (Wildman–Crippen MR) is 104 cm³/mol. The smallest absolute Gasteiger partial charge is 0.246 e. The lowest BCUT2D eigenvalue weighted by Gasteiger charge is -2.24. The van der Waals surface area contributed by atoms with Crippen LogP contribution in [0.1, 0.15) is 13.8 Å². The zero-order valence-electron chi connectivity index (χ0n) is 15.5. The highest BCUT2D eigenvalue weighted by atomic mass is 16.5. The number of hydrogen-bond donors (Lipinski definition) is 2. The standard InChI is InChI=1S/C21H28N2O3/c1-17(2)20(23-18-9-5-3-6-10-18)15-22-21(24)16-25-13-14-26-19-11-7-4-8-12-19/h3-12,17,20,23H,13-16H2,1-2H3,(H,22,24). The summed E-state index contributed by atoms with van der Waals surface area (Å²) in [6.07, 6.45) is 0. The van der Waals surface area contributed by atoms with E-state index < -0.39 is 0 Å². The van der Waals surface area contributed by atoms with Gasteiger partial charge in [0.15, 0.2) is 0 Å². The van der Waals surface area contributed by atoms with Crippen molar-refractivity contribution in [1.82, 2.24) is 5.32 Å². The van der Waals surface area contributed by atoms with Gasteiger partial charge in [-0.2, -0.15) is 0 Å². The molecule has 0 aliphatic heterocycles. The topological polar surface area (TPSA) is 59.6 Å². The van der Waals surface area contributed by atoms with E-state index in [-0.39, 0.29) is 18.6 Å². The fourth-order valence-corrected chi connectivity index (χ4v) is 2.38. The quantitative estimate of drug-likeness (QED) is 0.606. The third kappa shape index (κ3) is 7.57. The van der Waals surface area contributed by atoms with E-state index in [0.717, 1.165) is 11.4 Å². The summed E-state index contributed by atoms with van der Waals surface area (Å²) in [5, 5.41) is 6.38. The van der Waals surface area contributed by atoms with E-state index in [0.29, 0.717) is 25.7 Å². The Kier molecular flexibility index (Phi) is 8.49. The second-order valence-electron chi connectivity index (χ2n) is 6.38. The second kappa shape index (κ2) is 11.2. The molecule has 0 bridgehead atoms. The third-order valence-electron chi connectivity index (χ3n) is 3.92. The van der Waals surface area contributed by atoms with E-state index in [2.05, 4.69) is 24.5 Å². The van der Waals surface area contributed by atoms with E-state index in [4.69, 9.17) is 9.47 Å². The molecule has 0 spiro atoms. The van der Waals surface area contributed by atoms with Crippen LogP contribution in [0.3, 0.4) is 0 Å². The summed E-state index contributed by atoms with van der Waals surface area (Å²) in [5.74, 6) is 1.06. The molecule has 1 unspecified atom stereocenters. The highest BCUT2D eigenvalue weighted by Gasteiger charge is 2.14. The van der Waals surface area contributed by atoms with Gasteiger partial charge in [0.2, 0.25) is 5.91 Å². The number of benzene rings is 2. The summed E-state index contributed by atoms with van der Waals surface area (Å²) < 4.78 is 10.9. The van der Waals surface area contributed by atoms with Crippen molar-refractivity contribution in [2.45, 2.75) is 19.9 Å². The van der Waals surface area contributed by atoms with Crippen LogP contribution in [0.2, 0.25) is 0 Å². The molecule has 0 aliphatic carbocycles. The van der Waals surface area contributed by atoms with Gasteiger partial charge in [0.25, 0.3) is 0 Å². The average molecular weight is 356 g/mol. The Morgan fingerprint density at radius 2 is 1.62 bits per heavy atom. The zero-order chi connectivity index (χ0) is 18.6. The van der Waals surface area contributed by atoms with Gasteiger partial charge in [-0.15, -0.1) is 0 Å². The molecule has 2 aromatic rings. The normalized spacial score (nSPS) is 11.8. The van der Waals surface area contributed by atoms with E-state index in [9.17, 15) is 4.79 Å². The number of nitrogens with one attached hydrogen (secondary N) is 2. The molecule has 2 rings (SSSR count). The number of amides is 1. The fraction of sp³-hybridized carbons (Fsp3) is 0.381. The van der Waals surface area contributed by atoms with Crippen LogP contribution in [-0.2, 0) is 9.53 Å². The van der Waals surface area contributed by atoms with Crippen molar-refractivity contribution in [3.63, 3.8) is 0 Å². The average Bonchev–Trinajstić information content (AvgIpc) is 2.66. The number of para-hydroxylation sites is 2. The number of ether oxygens (including phenoxy) is 2. The van der Waals surface area contributed by atoms with Crippen LogP contribution in [0.5, 0.6) is 5.75 Å². The van der Waals surface area contributed by atoms with Gasteiger partial charge < -0.3 is 20.1 Å². The van der Waals surface area contributed by atoms with E-state index in [1.807, 2.05) is 60.7 Å². The molecule has 5 nitrogen and oxygen atoms in total. The first-order valence-electron chi connectivity index (χ1n) is 8.99. The minimum atomic E-state index is -0.120. The van der Waals surface area contributed by atoms with Crippen molar-refractivity contribution in [2.24, 2.45) is 5.92 Å². The number of carbonyl (C=O) groups excluding carboxylic acids is 1. The van der Waals surface area contributed by atoms with Gasteiger partial charge in [-0.1, -0.05) is 50.2 Å². The molecule has 1 atom stereocenters. The van der Waals surface area contributed by atoms with Crippen LogP contribution in [0, 0.1) is 5.92 Å². The zero-order valence-corrected chi connectivity index (χ0v) is 15.5. The number of rotatable bonds is 11. The van der Waals surface area contributed by atoms with Gasteiger partial charge in [-0.05, 0) is 30.2 Å². The number of carbonyl (C=O) groups is 1. The maximum Gasteiger partial charge on any atom is 0.246 e. The molecule has 2 N–H and O–H groups in total. The summed E-state index contributed by atoms with van der Waals surface area (Å²) in [7, 11) is 0. The van der Waals surface area contributed by atoms with Crippen LogP contribution in [-0.4, -0.2) is 38.3 Å². The first kappa shape index (κ1) is 19.8. The summed E-state index contributed by atoms with van der Waals surface area (Å²) in [4.78, 5) is 12.0. The van der Waals surface area contributed by atoms with Gasteiger partial charge in [-0.3, -0.25) is 4.79 Å². The molecular formula is C21H28N2O3. The lowest BCUT2D eigenvalue weighted by molar-refractivity contribution is -0.125. The summed E-state index contributed by atoms with van der Waals surface area (Å²) in [5.41, 5.74) is 1.05. The third-order valence-corrected chi connectivity index (χ3v) is 3.92. The maximum atomic E-state index is 12.0. The molecule has 1 amide bonds. The highest BCUT2D eigenvalue weighted by molar-refractivity contribution is 5.77. The van der Waals surface area contributed by atoms with Crippen molar-refractivity contribution in [3.05, 3.63) is 60.7 Å². The van der Waals surface area contributed by atoms with Crippen molar-refractivity contribution in [1.29, 1.82) is 0 Å². The van der Waals surface area contributed by atoms with Crippen LogP contribution in [0.4, 0.5) is 5.69 Å². The Balaban J connectivity index is 1.61. The van der Waals surface area contributed by atoms with Crippen LogP contribution in [0.25, 0.3) is 0 Å². The molecule has 0 aromatic heterocycles. The summed E-state index contributed by atoms with van der Waals surface area (Å²) in [6, 6.07) is 19.7. The fourth-order valence-electron chi connectivity index (χ4n) is 2.38. The van der Waals surface area contributed by atoms with Gasteiger partial charge >= 0.3 is 0 Å². The molecule has 0 saturated carbocycles. The molecule has 0 radical (unpaired) electrons. The van der Waals surface area contributed by atoms with Crippen LogP contribution in [0.15, 0.2) is 60.7 Å². The lowest BCUT2D eigenvalue weighted by Crippen LogP contribution is -2.41. The Bertz CT molecular complexity index is 632. The maximum absolute atomic E-state index is 12.0. The Labute approximate surface area is 155 Å². The number of hydrogen-bond acceptors (Lipinski definition) is 4. The number of anilines is 1. The van der Waals surface area contributed by atoms with E-state index in [1.165, 1.54) is 0 Å². The van der Waals surface area contributed by atoms with Crippen LogP contribution < -0.4 is 15.4 Å². The predicted octanol–water partition coefficient (Wildman–Crippen LogP) is 3.33. The second-order valence-corrected chi connectivity index (χ2v) is 6.38. The lowest BCUT2D eigenvalue weighted by atomic mass is 10.0. The minimum absolute atomic E-state index is 0.0360. The monoisotopic (exact) mass is 356 g/mol. The molecule has 0 aliphatic rings. The van der Waals surface area contributed by atoms with E-state index in [1.54, 1.807) is 0 Å². The molecule has 0 heterocycles. The van der Waals surface area contributed by atoms with Crippen molar-refractivity contribution in [2.75, 3.05) is 31.7 Å². The summed E-state index contributed by atoms with van der Waals surface area (Å²) in [6.45, 7) is 5.64. The van der Waals surface area contributed by atoms with Crippen molar-refractivity contribution >= 4 is 11.6 Å². The van der Waals surface area contributed by atoms with E-state index >= 15 is 0 Å². The van der Waals surface area contributed by atoms with Crippen LogP contribution >= 0.6 is 0 Å². The first-order chi connectivity index (χ1) is 12.6. The molecule has 0 fully saturated rings. The largest absolute Gasteiger partial charge is 0.491 e.